The Morgan fingerprint density at radius 1 is 1.04 bits per heavy atom. The van der Waals surface area contributed by atoms with E-state index in [2.05, 4.69) is 10.6 Å². The van der Waals surface area contributed by atoms with Crippen LogP contribution in [-0.2, 0) is 9.53 Å². The van der Waals surface area contributed by atoms with E-state index in [-0.39, 0.29) is 11.8 Å². The van der Waals surface area contributed by atoms with Gasteiger partial charge in [-0.1, -0.05) is 25.4 Å². The van der Waals surface area contributed by atoms with Gasteiger partial charge in [0, 0.05) is 17.3 Å². The average Bonchev–Trinajstić information content (AvgIpc) is 2.57. The first-order valence-corrected chi connectivity index (χ1v) is 7.84. The lowest BCUT2D eigenvalue weighted by Crippen LogP contribution is -2.17. The molecule has 0 heterocycles. The fraction of sp³-hybridized carbons (Fsp3) is 0.222. The second-order valence-electron chi connectivity index (χ2n) is 5.53. The number of halogens is 1. The van der Waals surface area contributed by atoms with Crippen molar-refractivity contribution in [2.45, 2.75) is 13.8 Å². The van der Waals surface area contributed by atoms with Crippen LogP contribution in [-0.4, -0.2) is 19.0 Å². The molecule has 0 aliphatic heterocycles. The molecule has 0 radical (unpaired) electrons. The highest BCUT2D eigenvalue weighted by molar-refractivity contribution is 6.33. The Hall–Kier alpha value is -2.53. The van der Waals surface area contributed by atoms with E-state index < -0.39 is 5.97 Å². The summed E-state index contributed by atoms with van der Waals surface area (Å²) < 4.78 is 4.70. The Kier molecular flexibility index (Phi) is 5.82. The number of carbonyl (C=O) groups excluding carboxylic acids is 2. The Morgan fingerprint density at radius 2 is 1.67 bits per heavy atom. The Morgan fingerprint density at radius 3 is 2.25 bits per heavy atom. The lowest BCUT2D eigenvalue weighted by atomic mass is 10.2. The van der Waals surface area contributed by atoms with Gasteiger partial charge in [-0.2, -0.15) is 0 Å². The van der Waals surface area contributed by atoms with Gasteiger partial charge in [0.05, 0.1) is 23.4 Å². The number of hydrogen-bond donors (Lipinski definition) is 2. The summed E-state index contributed by atoms with van der Waals surface area (Å²) in [7, 11) is 1.33. The molecular weight excluding hydrogens is 328 g/mol. The molecule has 0 aromatic heterocycles. The molecule has 2 rings (SSSR count). The van der Waals surface area contributed by atoms with Gasteiger partial charge >= 0.3 is 5.97 Å². The van der Waals surface area contributed by atoms with E-state index in [9.17, 15) is 9.59 Å². The third kappa shape index (κ3) is 4.49. The first-order chi connectivity index (χ1) is 11.4. The molecule has 2 aromatic rings. The predicted octanol–water partition coefficient (Wildman–Crippen LogP) is 4.46. The molecule has 2 N–H and O–H groups in total. The number of hydrogen-bond acceptors (Lipinski definition) is 4. The summed E-state index contributed by atoms with van der Waals surface area (Å²) in [6.07, 6.45) is 0. The normalized spacial score (nSPS) is 10.4. The standard InChI is InChI=1S/C18H19ClN2O3/c1-11(2)17(22)21-14-7-5-13(6-8-14)20-16-10-12(18(23)24-3)4-9-15(16)19/h4-11,20H,1-3H3,(H,21,22). The number of nitrogens with one attached hydrogen (secondary N) is 2. The summed E-state index contributed by atoms with van der Waals surface area (Å²) in [4.78, 5) is 23.3. The zero-order valence-electron chi connectivity index (χ0n) is 13.7. The number of carbonyl (C=O) groups is 2. The number of rotatable bonds is 5. The van der Waals surface area contributed by atoms with Crippen LogP contribution >= 0.6 is 11.6 Å². The lowest BCUT2D eigenvalue weighted by molar-refractivity contribution is -0.118. The third-order valence-electron chi connectivity index (χ3n) is 3.34. The number of benzene rings is 2. The summed E-state index contributed by atoms with van der Waals surface area (Å²) in [6, 6.07) is 12.1. The van der Waals surface area contributed by atoms with Crippen molar-refractivity contribution in [3.8, 4) is 0 Å². The van der Waals surface area contributed by atoms with Gasteiger partial charge in [-0.25, -0.2) is 4.79 Å². The van der Waals surface area contributed by atoms with Crippen molar-refractivity contribution in [1.82, 2.24) is 0 Å². The maximum absolute atomic E-state index is 11.7. The smallest absolute Gasteiger partial charge is 0.337 e. The maximum atomic E-state index is 11.7. The zero-order chi connectivity index (χ0) is 17.7. The highest BCUT2D eigenvalue weighted by Gasteiger charge is 2.10. The molecule has 1 amide bonds. The van der Waals surface area contributed by atoms with Crippen molar-refractivity contribution in [1.29, 1.82) is 0 Å². The largest absolute Gasteiger partial charge is 0.465 e. The van der Waals surface area contributed by atoms with Gasteiger partial charge < -0.3 is 15.4 Å². The summed E-state index contributed by atoms with van der Waals surface area (Å²) in [6.45, 7) is 3.67. The Labute approximate surface area is 146 Å². The van der Waals surface area contributed by atoms with Crippen LogP contribution < -0.4 is 10.6 Å². The second-order valence-corrected chi connectivity index (χ2v) is 5.94. The van der Waals surface area contributed by atoms with E-state index >= 15 is 0 Å². The van der Waals surface area contributed by atoms with Crippen LogP contribution in [0.4, 0.5) is 17.1 Å². The van der Waals surface area contributed by atoms with Gasteiger partial charge in [-0.05, 0) is 42.5 Å². The highest BCUT2D eigenvalue weighted by Crippen LogP contribution is 2.27. The minimum absolute atomic E-state index is 0.0375. The van der Waals surface area contributed by atoms with Crippen LogP contribution in [0.1, 0.15) is 24.2 Å². The first kappa shape index (κ1) is 17.8. The molecule has 5 nitrogen and oxygen atoms in total. The fourth-order valence-corrected chi connectivity index (χ4v) is 2.11. The van der Waals surface area contributed by atoms with Crippen LogP contribution in [0.25, 0.3) is 0 Å². The van der Waals surface area contributed by atoms with Crippen molar-refractivity contribution < 1.29 is 14.3 Å². The van der Waals surface area contributed by atoms with E-state index in [0.29, 0.717) is 22.0 Å². The first-order valence-electron chi connectivity index (χ1n) is 7.46. The van der Waals surface area contributed by atoms with Crippen LogP contribution in [0, 0.1) is 5.92 Å². The van der Waals surface area contributed by atoms with E-state index in [1.807, 2.05) is 26.0 Å². The third-order valence-corrected chi connectivity index (χ3v) is 3.67. The minimum atomic E-state index is -0.429. The predicted molar refractivity (Wildman–Crippen MR) is 96.0 cm³/mol. The van der Waals surface area contributed by atoms with E-state index in [1.165, 1.54) is 7.11 Å². The van der Waals surface area contributed by atoms with Gasteiger partial charge in [0.15, 0.2) is 0 Å². The molecule has 24 heavy (non-hydrogen) atoms. The van der Waals surface area contributed by atoms with Crippen LogP contribution in [0.3, 0.4) is 0 Å². The minimum Gasteiger partial charge on any atom is -0.465 e. The molecule has 6 heteroatoms. The lowest BCUT2D eigenvalue weighted by Gasteiger charge is -2.12. The molecule has 0 aliphatic carbocycles. The molecule has 0 saturated carbocycles. The van der Waals surface area contributed by atoms with E-state index in [4.69, 9.17) is 16.3 Å². The molecule has 0 fully saturated rings. The fourth-order valence-electron chi connectivity index (χ4n) is 1.94. The van der Waals surface area contributed by atoms with Crippen LogP contribution in [0.2, 0.25) is 5.02 Å². The van der Waals surface area contributed by atoms with Gasteiger partial charge in [-0.15, -0.1) is 0 Å². The SMILES string of the molecule is COC(=O)c1ccc(Cl)c(Nc2ccc(NC(=O)C(C)C)cc2)c1. The summed E-state index contributed by atoms with van der Waals surface area (Å²) in [5.74, 6) is -0.548. The molecule has 0 bridgehead atoms. The van der Waals surface area contributed by atoms with Crippen molar-refractivity contribution in [2.75, 3.05) is 17.7 Å². The molecule has 2 aromatic carbocycles. The molecule has 0 spiro atoms. The number of ether oxygens (including phenoxy) is 1. The highest BCUT2D eigenvalue weighted by atomic mass is 35.5. The molecule has 126 valence electrons. The zero-order valence-corrected chi connectivity index (χ0v) is 14.5. The van der Waals surface area contributed by atoms with Crippen molar-refractivity contribution in [2.24, 2.45) is 5.92 Å². The number of anilines is 3. The van der Waals surface area contributed by atoms with E-state index in [1.54, 1.807) is 30.3 Å². The van der Waals surface area contributed by atoms with Crippen molar-refractivity contribution in [3.05, 3.63) is 53.1 Å². The summed E-state index contributed by atoms with van der Waals surface area (Å²) in [5, 5.41) is 6.45. The number of methoxy groups -OCH3 is 1. The topological polar surface area (TPSA) is 67.4 Å². The maximum Gasteiger partial charge on any atom is 0.337 e. The molecule has 0 unspecified atom stereocenters. The summed E-state index contributed by atoms with van der Waals surface area (Å²) in [5.41, 5.74) is 2.50. The molecule has 0 atom stereocenters. The Balaban J connectivity index is 2.14. The second kappa shape index (κ2) is 7.84. The number of esters is 1. The molecular formula is C18H19ClN2O3. The van der Waals surface area contributed by atoms with Gasteiger partial charge in [0.25, 0.3) is 0 Å². The number of amides is 1. The van der Waals surface area contributed by atoms with Crippen LogP contribution in [0.15, 0.2) is 42.5 Å². The van der Waals surface area contributed by atoms with Crippen molar-refractivity contribution in [3.63, 3.8) is 0 Å². The summed E-state index contributed by atoms with van der Waals surface area (Å²) >= 11 is 6.16. The molecule has 0 saturated heterocycles. The van der Waals surface area contributed by atoms with Gasteiger partial charge in [-0.3, -0.25) is 4.79 Å². The van der Waals surface area contributed by atoms with Crippen LogP contribution in [0.5, 0.6) is 0 Å². The average molecular weight is 347 g/mol. The molecule has 0 aliphatic rings. The van der Waals surface area contributed by atoms with E-state index in [0.717, 1.165) is 5.69 Å². The van der Waals surface area contributed by atoms with Crippen molar-refractivity contribution >= 4 is 40.5 Å². The monoisotopic (exact) mass is 346 g/mol. The Bertz CT molecular complexity index is 742. The van der Waals surface area contributed by atoms with Gasteiger partial charge in [0.2, 0.25) is 5.91 Å². The quantitative estimate of drug-likeness (QED) is 0.784. The van der Waals surface area contributed by atoms with Gasteiger partial charge in [0.1, 0.15) is 0 Å².